The highest BCUT2D eigenvalue weighted by Gasteiger charge is 2.08. The van der Waals surface area contributed by atoms with Crippen molar-refractivity contribution < 1.29 is 5.11 Å². The van der Waals surface area contributed by atoms with E-state index in [1.807, 2.05) is 12.1 Å². The molecule has 16 heavy (non-hydrogen) atoms. The van der Waals surface area contributed by atoms with Crippen molar-refractivity contribution in [1.82, 2.24) is 9.78 Å². The van der Waals surface area contributed by atoms with Gasteiger partial charge in [0.25, 0.3) is 0 Å². The summed E-state index contributed by atoms with van der Waals surface area (Å²) in [5, 5.41) is 14.3. The van der Waals surface area contributed by atoms with E-state index in [0.29, 0.717) is 18.2 Å². The maximum atomic E-state index is 9.62. The molecule has 0 saturated heterocycles. The average Bonchev–Trinajstić information content (AvgIpc) is 2.63. The zero-order valence-electron chi connectivity index (χ0n) is 8.60. The molecule has 4 nitrogen and oxygen atoms in total. The van der Waals surface area contributed by atoms with Crippen LogP contribution < -0.4 is 5.73 Å². The van der Waals surface area contributed by atoms with Gasteiger partial charge in [0.15, 0.2) is 0 Å². The van der Waals surface area contributed by atoms with Crippen molar-refractivity contribution in [3.05, 3.63) is 46.7 Å². The maximum absolute atomic E-state index is 9.62. The normalized spacial score (nSPS) is 10.6. The average molecular weight is 238 g/mol. The number of nitrogens with zero attached hydrogens (tertiary/aromatic N) is 2. The van der Waals surface area contributed by atoms with Gasteiger partial charge in [0.2, 0.25) is 0 Å². The van der Waals surface area contributed by atoms with Gasteiger partial charge in [-0.05, 0) is 6.07 Å². The fourth-order valence-electron chi connectivity index (χ4n) is 1.46. The Balaban J connectivity index is 2.27. The molecule has 0 bridgehead atoms. The van der Waals surface area contributed by atoms with Crippen molar-refractivity contribution in [2.45, 2.75) is 13.1 Å². The molecule has 3 N–H and O–H groups in total. The summed E-state index contributed by atoms with van der Waals surface area (Å²) in [6.07, 6.45) is 1.64. The van der Waals surface area contributed by atoms with Gasteiger partial charge < -0.3 is 10.8 Å². The number of phenols is 1. The van der Waals surface area contributed by atoms with Gasteiger partial charge in [-0.25, -0.2) is 4.68 Å². The maximum Gasteiger partial charge on any atom is 0.131 e. The molecule has 0 radical (unpaired) electrons. The van der Waals surface area contributed by atoms with E-state index < -0.39 is 0 Å². The summed E-state index contributed by atoms with van der Waals surface area (Å²) in [6, 6.07) is 7.09. The molecule has 0 aliphatic carbocycles. The Morgan fingerprint density at radius 2 is 2.06 bits per heavy atom. The number of para-hydroxylation sites is 1. The summed E-state index contributed by atoms with van der Waals surface area (Å²) < 4.78 is 1.61. The van der Waals surface area contributed by atoms with Crippen LogP contribution >= 0.6 is 11.6 Å². The van der Waals surface area contributed by atoms with Crippen molar-refractivity contribution in [2.24, 2.45) is 5.73 Å². The number of nitrogens with two attached hydrogens (primary N) is 1. The molecule has 0 spiro atoms. The van der Waals surface area contributed by atoms with E-state index >= 15 is 0 Å². The van der Waals surface area contributed by atoms with Crippen LogP contribution in [0.15, 0.2) is 30.5 Å². The molecule has 2 aromatic rings. The number of aromatic nitrogens is 2. The largest absolute Gasteiger partial charge is 0.508 e. The lowest BCUT2D eigenvalue weighted by molar-refractivity contribution is 0.464. The fourth-order valence-corrected chi connectivity index (χ4v) is 1.69. The second kappa shape index (κ2) is 4.55. The summed E-state index contributed by atoms with van der Waals surface area (Å²) in [5.74, 6) is 0.239. The summed E-state index contributed by atoms with van der Waals surface area (Å²) in [5.41, 5.74) is 7.08. The van der Waals surface area contributed by atoms with Gasteiger partial charge >= 0.3 is 0 Å². The number of aromatic hydroxyl groups is 1. The van der Waals surface area contributed by atoms with Crippen LogP contribution in [0.1, 0.15) is 11.1 Å². The molecule has 1 aromatic heterocycles. The van der Waals surface area contributed by atoms with Gasteiger partial charge in [-0.2, -0.15) is 5.10 Å². The number of rotatable bonds is 3. The standard InChI is InChI=1S/C11H12ClN3O/c12-11-9(5-13)6-14-15(11)7-8-3-1-2-4-10(8)16/h1-4,6,16H,5,7,13H2. The van der Waals surface area contributed by atoms with E-state index in [2.05, 4.69) is 5.10 Å². The minimum atomic E-state index is 0.239. The molecule has 0 unspecified atom stereocenters. The molecule has 0 aliphatic rings. The molecule has 2 rings (SSSR count). The van der Waals surface area contributed by atoms with E-state index in [9.17, 15) is 5.11 Å². The third-order valence-electron chi connectivity index (χ3n) is 2.38. The van der Waals surface area contributed by atoms with E-state index in [4.69, 9.17) is 17.3 Å². The Labute approximate surface area is 98.3 Å². The Morgan fingerprint density at radius 1 is 1.31 bits per heavy atom. The van der Waals surface area contributed by atoms with Gasteiger partial charge in [0.05, 0.1) is 12.7 Å². The molecule has 0 atom stereocenters. The first kappa shape index (κ1) is 11.0. The fraction of sp³-hybridized carbons (Fsp3) is 0.182. The molecule has 0 fully saturated rings. The number of benzene rings is 1. The lowest BCUT2D eigenvalue weighted by atomic mass is 10.2. The van der Waals surface area contributed by atoms with Crippen LogP contribution in [0.2, 0.25) is 5.15 Å². The van der Waals surface area contributed by atoms with Crippen LogP contribution in [-0.4, -0.2) is 14.9 Å². The first-order valence-corrected chi connectivity index (χ1v) is 5.27. The van der Waals surface area contributed by atoms with E-state index in [1.165, 1.54) is 0 Å². The Morgan fingerprint density at radius 3 is 2.69 bits per heavy atom. The van der Waals surface area contributed by atoms with Gasteiger partial charge in [-0.3, -0.25) is 0 Å². The zero-order chi connectivity index (χ0) is 11.5. The molecular weight excluding hydrogens is 226 g/mol. The first-order valence-electron chi connectivity index (χ1n) is 4.89. The molecule has 5 heteroatoms. The molecule has 84 valence electrons. The predicted molar refractivity (Wildman–Crippen MR) is 62.3 cm³/mol. The highest BCUT2D eigenvalue weighted by atomic mass is 35.5. The molecule has 1 heterocycles. The van der Waals surface area contributed by atoms with Crippen LogP contribution in [0.25, 0.3) is 0 Å². The third kappa shape index (κ3) is 2.03. The summed E-state index contributed by atoms with van der Waals surface area (Å²) >= 11 is 6.07. The third-order valence-corrected chi connectivity index (χ3v) is 2.81. The van der Waals surface area contributed by atoms with E-state index in [1.54, 1.807) is 23.0 Å². The van der Waals surface area contributed by atoms with Crippen molar-refractivity contribution >= 4 is 11.6 Å². The quantitative estimate of drug-likeness (QED) is 0.855. The van der Waals surface area contributed by atoms with E-state index in [0.717, 1.165) is 11.1 Å². The Bertz CT molecular complexity index is 496. The molecular formula is C11H12ClN3O. The van der Waals surface area contributed by atoms with Crippen molar-refractivity contribution in [3.63, 3.8) is 0 Å². The highest BCUT2D eigenvalue weighted by Crippen LogP contribution is 2.20. The molecule has 0 aliphatic heterocycles. The predicted octanol–water partition coefficient (Wildman–Crippen LogP) is 1.75. The van der Waals surface area contributed by atoms with Crippen LogP contribution in [0.5, 0.6) is 5.75 Å². The summed E-state index contributed by atoms with van der Waals surface area (Å²) in [7, 11) is 0. The molecule has 0 amide bonds. The Hall–Kier alpha value is -1.52. The minimum Gasteiger partial charge on any atom is -0.508 e. The van der Waals surface area contributed by atoms with E-state index in [-0.39, 0.29) is 5.75 Å². The van der Waals surface area contributed by atoms with Crippen LogP contribution in [0, 0.1) is 0 Å². The number of hydrogen-bond donors (Lipinski definition) is 2. The van der Waals surface area contributed by atoms with Crippen LogP contribution in [-0.2, 0) is 13.1 Å². The van der Waals surface area contributed by atoms with Crippen LogP contribution in [0.3, 0.4) is 0 Å². The van der Waals surface area contributed by atoms with Crippen molar-refractivity contribution in [1.29, 1.82) is 0 Å². The van der Waals surface area contributed by atoms with Gasteiger partial charge in [0.1, 0.15) is 10.9 Å². The monoisotopic (exact) mass is 237 g/mol. The minimum absolute atomic E-state index is 0.239. The van der Waals surface area contributed by atoms with Gasteiger partial charge in [0, 0.05) is 17.7 Å². The van der Waals surface area contributed by atoms with Crippen molar-refractivity contribution in [2.75, 3.05) is 0 Å². The lowest BCUT2D eigenvalue weighted by Crippen LogP contribution is -2.03. The highest BCUT2D eigenvalue weighted by molar-refractivity contribution is 6.30. The summed E-state index contributed by atoms with van der Waals surface area (Å²) in [4.78, 5) is 0. The van der Waals surface area contributed by atoms with Crippen molar-refractivity contribution in [3.8, 4) is 5.75 Å². The Kier molecular flexibility index (Phi) is 3.12. The SMILES string of the molecule is NCc1cnn(Cc2ccccc2O)c1Cl. The second-order valence-corrected chi connectivity index (χ2v) is 3.81. The zero-order valence-corrected chi connectivity index (χ0v) is 9.35. The van der Waals surface area contributed by atoms with Crippen LogP contribution in [0.4, 0.5) is 0 Å². The summed E-state index contributed by atoms with van der Waals surface area (Å²) in [6.45, 7) is 0.797. The smallest absolute Gasteiger partial charge is 0.131 e. The number of hydrogen-bond acceptors (Lipinski definition) is 3. The second-order valence-electron chi connectivity index (χ2n) is 3.45. The molecule has 1 aromatic carbocycles. The topological polar surface area (TPSA) is 64.1 Å². The number of phenolic OH excluding ortho intramolecular Hbond substituents is 1. The van der Waals surface area contributed by atoms with Gasteiger partial charge in [-0.15, -0.1) is 0 Å². The lowest BCUT2D eigenvalue weighted by Gasteiger charge is -2.05. The molecule has 0 saturated carbocycles. The first-order chi connectivity index (χ1) is 7.72. The number of halogens is 1. The van der Waals surface area contributed by atoms with Gasteiger partial charge in [-0.1, -0.05) is 29.8 Å².